The van der Waals surface area contributed by atoms with Crippen molar-refractivity contribution >= 4 is 5.91 Å². The van der Waals surface area contributed by atoms with Gasteiger partial charge in [-0.15, -0.1) is 0 Å². The monoisotopic (exact) mass is 392 g/mol. The van der Waals surface area contributed by atoms with Crippen LogP contribution in [0.2, 0.25) is 0 Å². The van der Waals surface area contributed by atoms with Gasteiger partial charge in [0.25, 0.3) is 5.91 Å². The van der Waals surface area contributed by atoms with Gasteiger partial charge in [-0.1, -0.05) is 36.8 Å². The molecule has 1 fully saturated rings. The molecule has 1 amide bonds. The lowest BCUT2D eigenvalue weighted by molar-refractivity contribution is 0.0927. The number of carbonyl (C=O) groups excluding carboxylic acids is 1. The predicted octanol–water partition coefficient (Wildman–Crippen LogP) is 3.37. The average Bonchev–Trinajstić information content (AvgIpc) is 3.17. The summed E-state index contributed by atoms with van der Waals surface area (Å²) in [5, 5.41) is 7.12. The van der Waals surface area contributed by atoms with Gasteiger partial charge in [-0.25, -0.2) is 9.78 Å². The minimum Gasteiger partial charge on any atom is -0.427 e. The van der Waals surface area contributed by atoms with Crippen molar-refractivity contribution < 1.29 is 9.21 Å². The summed E-state index contributed by atoms with van der Waals surface area (Å²) in [5.74, 6) is 0.586. The van der Waals surface area contributed by atoms with E-state index in [1.54, 1.807) is 17.9 Å². The Kier molecular flexibility index (Phi) is 5.55. The van der Waals surface area contributed by atoms with Crippen LogP contribution in [0.4, 0.5) is 0 Å². The van der Waals surface area contributed by atoms with Crippen molar-refractivity contribution in [3.05, 3.63) is 81.9 Å². The lowest BCUT2D eigenvalue weighted by atomic mass is 9.83. The molecule has 4 rings (SSSR count). The number of hydrogen-bond donors (Lipinski definition) is 1. The molecule has 0 radical (unpaired) electrons. The molecule has 1 atom stereocenters. The molecule has 1 unspecified atom stereocenters. The Bertz CT molecular complexity index is 1020. The minimum atomic E-state index is -0.563. The van der Waals surface area contributed by atoms with Gasteiger partial charge in [-0.05, 0) is 43.4 Å². The van der Waals surface area contributed by atoms with E-state index < -0.39 is 11.5 Å². The highest BCUT2D eigenvalue weighted by Crippen LogP contribution is 2.36. The van der Waals surface area contributed by atoms with Gasteiger partial charge in [-0.3, -0.25) is 9.48 Å². The Morgan fingerprint density at radius 2 is 2.10 bits per heavy atom. The summed E-state index contributed by atoms with van der Waals surface area (Å²) in [6.07, 6.45) is 6.96. The molecule has 7 heteroatoms. The van der Waals surface area contributed by atoms with E-state index >= 15 is 0 Å². The molecular weight excluding hydrogens is 368 g/mol. The number of rotatable bonds is 7. The summed E-state index contributed by atoms with van der Waals surface area (Å²) >= 11 is 0. The minimum absolute atomic E-state index is 0.0785. The second-order valence-electron chi connectivity index (χ2n) is 7.51. The second-order valence-corrected chi connectivity index (χ2v) is 7.51. The second kappa shape index (κ2) is 8.43. The van der Waals surface area contributed by atoms with Gasteiger partial charge >= 0.3 is 5.63 Å². The Hall–Kier alpha value is -3.22. The number of aryl methyl sites for hydroxylation is 2. The van der Waals surface area contributed by atoms with E-state index in [-0.39, 0.29) is 11.6 Å². The predicted molar refractivity (Wildman–Crippen MR) is 108 cm³/mol. The molecule has 0 saturated heterocycles. The highest BCUT2D eigenvalue weighted by molar-refractivity contribution is 5.95. The molecule has 0 spiro atoms. The Balaban J connectivity index is 1.55. The normalized spacial score (nSPS) is 14.9. The fourth-order valence-corrected chi connectivity index (χ4v) is 3.65. The molecular formula is C22H24N4O3. The average molecular weight is 392 g/mol. The summed E-state index contributed by atoms with van der Waals surface area (Å²) in [6.45, 7) is 2.38. The zero-order valence-corrected chi connectivity index (χ0v) is 16.4. The first-order chi connectivity index (χ1) is 14.1. The highest BCUT2D eigenvalue weighted by atomic mass is 16.4. The molecule has 7 nitrogen and oxygen atoms in total. The van der Waals surface area contributed by atoms with Crippen LogP contribution in [0.3, 0.4) is 0 Å². The first kappa shape index (κ1) is 19.1. The summed E-state index contributed by atoms with van der Waals surface area (Å²) < 4.78 is 7.20. The van der Waals surface area contributed by atoms with E-state index in [9.17, 15) is 9.59 Å². The van der Waals surface area contributed by atoms with Gasteiger partial charge in [0.05, 0.1) is 6.04 Å². The van der Waals surface area contributed by atoms with Crippen molar-refractivity contribution in [3.63, 3.8) is 0 Å². The van der Waals surface area contributed by atoms with E-state index in [4.69, 9.17) is 4.42 Å². The quantitative estimate of drug-likeness (QED) is 0.666. The zero-order chi connectivity index (χ0) is 20.2. The number of aromatic nitrogens is 3. The number of benzene rings is 1. The highest BCUT2D eigenvalue weighted by Gasteiger charge is 2.26. The van der Waals surface area contributed by atoms with Crippen LogP contribution in [0.25, 0.3) is 0 Å². The molecule has 3 aromatic rings. The zero-order valence-electron chi connectivity index (χ0n) is 16.4. The van der Waals surface area contributed by atoms with E-state index in [0.717, 1.165) is 24.8 Å². The molecule has 150 valence electrons. The number of amides is 1. The Morgan fingerprint density at radius 1 is 1.31 bits per heavy atom. The number of nitrogens with zero attached hydrogens (tertiary/aromatic N) is 3. The van der Waals surface area contributed by atoms with E-state index in [0.29, 0.717) is 30.2 Å². The third-order valence-electron chi connectivity index (χ3n) is 5.52. The fourth-order valence-electron chi connectivity index (χ4n) is 3.65. The summed E-state index contributed by atoms with van der Waals surface area (Å²) in [5.41, 5.74) is 1.14. The third-order valence-corrected chi connectivity index (χ3v) is 5.52. The number of carbonyl (C=O) groups is 1. The largest absolute Gasteiger partial charge is 0.427 e. The maximum absolute atomic E-state index is 13.0. The van der Waals surface area contributed by atoms with Gasteiger partial charge in [-0.2, -0.15) is 5.10 Å². The van der Waals surface area contributed by atoms with Crippen LogP contribution in [0, 0.1) is 6.92 Å². The van der Waals surface area contributed by atoms with Gasteiger partial charge in [0.15, 0.2) is 0 Å². The molecule has 1 saturated carbocycles. The molecule has 1 aromatic carbocycles. The van der Waals surface area contributed by atoms with Crippen molar-refractivity contribution in [1.29, 1.82) is 0 Å². The van der Waals surface area contributed by atoms with E-state index in [1.165, 1.54) is 6.33 Å². The molecule has 1 N–H and O–H groups in total. The summed E-state index contributed by atoms with van der Waals surface area (Å²) in [6, 6.07) is 11.3. The van der Waals surface area contributed by atoms with Gasteiger partial charge in [0.1, 0.15) is 24.0 Å². The van der Waals surface area contributed by atoms with Gasteiger partial charge in [0.2, 0.25) is 0 Å². The molecule has 0 bridgehead atoms. The Morgan fingerprint density at radius 3 is 2.72 bits per heavy atom. The molecule has 29 heavy (non-hydrogen) atoms. The summed E-state index contributed by atoms with van der Waals surface area (Å²) in [4.78, 5) is 29.5. The lowest BCUT2D eigenvalue weighted by Gasteiger charge is -2.24. The SMILES string of the molecule is Cc1cc(C2CCC2)oc(=O)c1C(=O)NC(CCn1cncn1)c1ccccc1. The van der Waals surface area contributed by atoms with Gasteiger partial charge < -0.3 is 9.73 Å². The van der Waals surface area contributed by atoms with Crippen molar-refractivity contribution in [2.45, 2.75) is 51.1 Å². The first-order valence-electron chi connectivity index (χ1n) is 9.94. The molecule has 2 heterocycles. The van der Waals surface area contributed by atoms with E-state index in [1.807, 2.05) is 36.4 Å². The van der Waals surface area contributed by atoms with E-state index in [2.05, 4.69) is 15.4 Å². The maximum Gasteiger partial charge on any atom is 0.349 e. The van der Waals surface area contributed by atoms with Crippen molar-refractivity contribution in [1.82, 2.24) is 20.1 Å². The van der Waals surface area contributed by atoms with Crippen molar-refractivity contribution in [2.24, 2.45) is 0 Å². The third kappa shape index (κ3) is 4.29. The number of hydrogen-bond acceptors (Lipinski definition) is 5. The summed E-state index contributed by atoms with van der Waals surface area (Å²) in [7, 11) is 0. The Labute approximate surface area is 168 Å². The molecule has 1 aliphatic rings. The standard InChI is InChI=1S/C22H24N4O3/c1-15-12-19(17-8-5-9-17)29-22(28)20(15)21(27)25-18(16-6-3-2-4-7-16)10-11-26-14-23-13-24-26/h2-4,6-7,12-14,17-18H,5,8-11H2,1H3,(H,25,27). The maximum atomic E-state index is 13.0. The van der Waals surface area contributed by atoms with Crippen LogP contribution in [-0.2, 0) is 6.54 Å². The van der Waals surface area contributed by atoms with Crippen LogP contribution < -0.4 is 10.9 Å². The molecule has 1 aliphatic carbocycles. The van der Waals surface area contributed by atoms with Crippen molar-refractivity contribution in [3.8, 4) is 0 Å². The van der Waals surface area contributed by atoms with Crippen LogP contribution in [-0.4, -0.2) is 20.7 Å². The van der Waals surface area contributed by atoms with Crippen LogP contribution in [0.1, 0.15) is 64.9 Å². The number of nitrogens with one attached hydrogen (secondary N) is 1. The smallest absolute Gasteiger partial charge is 0.349 e. The van der Waals surface area contributed by atoms with Crippen LogP contribution in [0.15, 0.2) is 58.3 Å². The van der Waals surface area contributed by atoms with Crippen LogP contribution >= 0.6 is 0 Å². The molecule has 0 aliphatic heterocycles. The molecule has 2 aromatic heterocycles. The lowest BCUT2D eigenvalue weighted by Crippen LogP contribution is -2.33. The topological polar surface area (TPSA) is 90.0 Å². The first-order valence-corrected chi connectivity index (χ1v) is 9.94. The van der Waals surface area contributed by atoms with Crippen molar-refractivity contribution in [2.75, 3.05) is 0 Å². The fraction of sp³-hybridized carbons (Fsp3) is 0.364. The van der Waals surface area contributed by atoms with Crippen LogP contribution in [0.5, 0.6) is 0 Å². The van der Waals surface area contributed by atoms with Gasteiger partial charge in [0, 0.05) is 12.5 Å².